The first-order valence-electron chi connectivity index (χ1n) is 11.4. The van der Waals surface area contributed by atoms with Crippen molar-refractivity contribution in [2.45, 2.75) is 45.3 Å². The quantitative estimate of drug-likeness (QED) is 0.659. The van der Waals surface area contributed by atoms with Crippen LogP contribution in [0.5, 0.6) is 17.2 Å². The van der Waals surface area contributed by atoms with Crippen molar-refractivity contribution in [2.24, 2.45) is 0 Å². The zero-order valence-electron chi connectivity index (χ0n) is 19.1. The number of anilines is 1. The van der Waals surface area contributed by atoms with E-state index < -0.39 is 0 Å². The van der Waals surface area contributed by atoms with Crippen molar-refractivity contribution in [3.8, 4) is 17.2 Å². The molecule has 6 heteroatoms. The predicted octanol–water partition coefficient (Wildman–Crippen LogP) is 4.22. The van der Waals surface area contributed by atoms with Gasteiger partial charge in [0.2, 0.25) is 5.91 Å². The van der Waals surface area contributed by atoms with Crippen LogP contribution in [0.4, 0.5) is 5.69 Å². The average molecular weight is 437 g/mol. The molecule has 1 amide bonds. The van der Waals surface area contributed by atoms with Gasteiger partial charge in [-0.15, -0.1) is 0 Å². The van der Waals surface area contributed by atoms with Gasteiger partial charge in [-0.1, -0.05) is 0 Å². The molecule has 2 aliphatic rings. The van der Waals surface area contributed by atoms with E-state index in [2.05, 4.69) is 29.3 Å². The van der Waals surface area contributed by atoms with Gasteiger partial charge in [0, 0.05) is 48.4 Å². The molecule has 2 aromatic rings. The van der Waals surface area contributed by atoms with Gasteiger partial charge in [0.05, 0.1) is 13.7 Å². The second-order valence-corrected chi connectivity index (χ2v) is 8.36. The highest BCUT2D eigenvalue weighted by molar-refractivity contribution is 5.92. The van der Waals surface area contributed by atoms with Gasteiger partial charge in [0.15, 0.2) is 0 Å². The molecule has 1 atom stereocenters. The van der Waals surface area contributed by atoms with Crippen LogP contribution in [-0.2, 0) is 11.2 Å². The highest BCUT2D eigenvalue weighted by Gasteiger charge is 2.22. The topological polar surface area (TPSA) is 60.0 Å². The zero-order chi connectivity index (χ0) is 22.5. The molecule has 4 rings (SSSR count). The van der Waals surface area contributed by atoms with Crippen LogP contribution in [0.15, 0.2) is 42.5 Å². The van der Waals surface area contributed by atoms with Crippen molar-refractivity contribution in [2.75, 3.05) is 31.7 Å². The van der Waals surface area contributed by atoms with Gasteiger partial charge in [-0.3, -0.25) is 4.79 Å². The summed E-state index contributed by atoms with van der Waals surface area (Å²) in [7, 11) is 1.67. The lowest BCUT2D eigenvalue weighted by atomic mass is 10.0. The van der Waals surface area contributed by atoms with E-state index in [0.29, 0.717) is 6.61 Å². The molecule has 0 aliphatic carbocycles. The molecule has 2 aromatic carbocycles. The Morgan fingerprint density at radius 2 is 1.97 bits per heavy atom. The predicted molar refractivity (Wildman–Crippen MR) is 127 cm³/mol. The number of carbonyl (C=O) groups is 1. The van der Waals surface area contributed by atoms with E-state index >= 15 is 0 Å². The van der Waals surface area contributed by atoms with Gasteiger partial charge in [-0.25, -0.2) is 0 Å². The van der Waals surface area contributed by atoms with Crippen molar-refractivity contribution < 1.29 is 19.0 Å². The molecule has 0 bridgehead atoms. The molecule has 0 saturated carbocycles. The lowest BCUT2D eigenvalue weighted by molar-refractivity contribution is -0.117. The molecule has 1 unspecified atom stereocenters. The van der Waals surface area contributed by atoms with Crippen LogP contribution >= 0.6 is 0 Å². The first-order chi connectivity index (χ1) is 15.6. The Labute approximate surface area is 190 Å². The van der Waals surface area contributed by atoms with Crippen molar-refractivity contribution in [1.82, 2.24) is 5.32 Å². The number of methoxy groups -OCH3 is 1. The molecule has 0 spiro atoms. The monoisotopic (exact) mass is 436 g/mol. The number of hydrogen-bond donors (Lipinski definition) is 1. The molecule has 6 nitrogen and oxygen atoms in total. The van der Waals surface area contributed by atoms with Crippen molar-refractivity contribution in [3.05, 3.63) is 53.6 Å². The SMILES string of the molecule is CCOc1cc2c(cc1/C=C/C(=O)NC1CCN(c3ccc(OC)cc3)CC1)OC(C)C2. The number of piperidine rings is 1. The zero-order valence-corrected chi connectivity index (χ0v) is 19.1. The molecular formula is C26H32N2O4. The van der Waals surface area contributed by atoms with Gasteiger partial charge in [-0.05, 0) is 69.2 Å². The summed E-state index contributed by atoms with van der Waals surface area (Å²) < 4.78 is 16.9. The third kappa shape index (κ3) is 5.18. The number of nitrogens with zero attached hydrogens (tertiary/aromatic N) is 1. The number of fused-ring (bicyclic) bond motifs is 1. The standard InChI is InChI=1S/C26H32N2O4/c1-4-31-24-17-20-15-18(2)32-25(20)16-19(24)5-10-26(29)27-21-11-13-28(14-12-21)22-6-8-23(30-3)9-7-22/h5-10,16-18,21H,4,11-15H2,1-3H3,(H,27,29)/b10-5+. The summed E-state index contributed by atoms with van der Waals surface area (Å²) in [5.74, 6) is 2.46. The highest BCUT2D eigenvalue weighted by Crippen LogP contribution is 2.35. The van der Waals surface area contributed by atoms with Crippen LogP contribution in [0.3, 0.4) is 0 Å². The molecule has 0 aromatic heterocycles. The summed E-state index contributed by atoms with van der Waals surface area (Å²) >= 11 is 0. The lowest BCUT2D eigenvalue weighted by Gasteiger charge is -2.33. The number of hydrogen-bond acceptors (Lipinski definition) is 5. The second kappa shape index (κ2) is 9.98. The summed E-state index contributed by atoms with van der Waals surface area (Å²) in [6.07, 6.45) is 6.30. The number of rotatable bonds is 7. The Hall–Kier alpha value is -3.15. The molecule has 2 heterocycles. The maximum absolute atomic E-state index is 12.6. The summed E-state index contributed by atoms with van der Waals surface area (Å²) in [4.78, 5) is 14.9. The fourth-order valence-corrected chi connectivity index (χ4v) is 4.36. The molecule has 1 saturated heterocycles. The number of ether oxygens (including phenoxy) is 3. The van der Waals surface area contributed by atoms with Crippen LogP contribution in [0, 0.1) is 0 Å². The van der Waals surface area contributed by atoms with Crippen molar-refractivity contribution in [3.63, 3.8) is 0 Å². The van der Waals surface area contributed by atoms with E-state index in [1.807, 2.05) is 37.3 Å². The minimum absolute atomic E-state index is 0.0786. The van der Waals surface area contributed by atoms with Gasteiger partial charge >= 0.3 is 0 Å². The summed E-state index contributed by atoms with van der Waals surface area (Å²) in [6, 6.07) is 12.3. The number of amides is 1. The Balaban J connectivity index is 1.33. The van der Waals surface area contributed by atoms with Crippen molar-refractivity contribution in [1.29, 1.82) is 0 Å². The Morgan fingerprint density at radius 1 is 1.22 bits per heavy atom. The largest absolute Gasteiger partial charge is 0.497 e. The molecule has 1 fully saturated rings. The van der Waals surface area contributed by atoms with E-state index in [9.17, 15) is 4.79 Å². The van der Waals surface area contributed by atoms with Crippen LogP contribution in [0.2, 0.25) is 0 Å². The van der Waals surface area contributed by atoms with E-state index in [0.717, 1.165) is 60.7 Å². The molecule has 2 aliphatic heterocycles. The molecular weight excluding hydrogens is 404 g/mol. The third-order valence-corrected chi connectivity index (χ3v) is 6.02. The minimum atomic E-state index is -0.0786. The van der Waals surface area contributed by atoms with Crippen LogP contribution < -0.4 is 24.4 Å². The van der Waals surface area contributed by atoms with Gasteiger partial charge in [0.25, 0.3) is 0 Å². The first-order valence-corrected chi connectivity index (χ1v) is 11.4. The lowest BCUT2D eigenvalue weighted by Crippen LogP contribution is -2.44. The fraction of sp³-hybridized carbons (Fsp3) is 0.423. The Kier molecular flexibility index (Phi) is 6.88. The third-order valence-electron chi connectivity index (χ3n) is 6.02. The van der Waals surface area contributed by atoms with Crippen LogP contribution in [0.25, 0.3) is 6.08 Å². The van der Waals surface area contributed by atoms with Crippen molar-refractivity contribution >= 4 is 17.7 Å². The Bertz CT molecular complexity index is 963. The molecule has 1 N–H and O–H groups in total. The van der Waals surface area contributed by atoms with Gasteiger partial charge in [-0.2, -0.15) is 0 Å². The number of carbonyl (C=O) groups excluding carboxylic acids is 1. The summed E-state index contributed by atoms with van der Waals surface area (Å²) in [5, 5.41) is 3.15. The van der Waals surface area contributed by atoms with Crippen LogP contribution in [0.1, 0.15) is 37.8 Å². The Morgan fingerprint density at radius 3 is 2.66 bits per heavy atom. The van der Waals surface area contributed by atoms with E-state index in [1.54, 1.807) is 13.2 Å². The molecule has 0 radical (unpaired) electrons. The smallest absolute Gasteiger partial charge is 0.244 e. The molecule has 32 heavy (non-hydrogen) atoms. The number of benzene rings is 2. The highest BCUT2D eigenvalue weighted by atomic mass is 16.5. The maximum atomic E-state index is 12.6. The average Bonchev–Trinajstić information content (AvgIpc) is 3.17. The van der Waals surface area contributed by atoms with E-state index in [-0.39, 0.29) is 18.1 Å². The summed E-state index contributed by atoms with van der Waals surface area (Å²) in [5.41, 5.74) is 3.21. The molecule has 170 valence electrons. The maximum Gasteiger partial charge on any atom is 0.244 e. The van der Waals surface area contributed by atoms with E-state index in [1.165, 1.54) is 5.69 Å². The second-order valence-electron chi connectivity index (χ2n) is 8.36. The first kappa shape index (κ1) is 22.1. The fourth-order valence-electron chi connectivity index (χ4n) is 4.36. The van der Waals surface area contributed by atoms with Gasteiger partial charge in [0.1, 0.15) is 23.4 Å². The normalized spacial score (nSPS) is 18.3. The summed E-state index contributed by atoms with van der Waals surface area (Å²) in [6.45, 7) is 6.43. The minimum Gasteiger partial charge on any atom is -0.497 e. The van der Waals surface area contributed by atoms with Crippen LogP contribution in [-0.4, -0.2) is 44.9 Å². The number of nitrogens with one attached hydrogen (secondary N) is 1. The van der Waals surface area contributed by atoms with Gasteiger partial charge < -0.3 is 24.4 Å². The van der Waals surface area contributed by atoms with E-state index in [4.69, 9.17) is 14.2 Å².